The van der Waals surface area contributed by atoms with E-state index in [9.17, 15) is 68.4 Å². The molecule has 0 aromatic heterocycles. The van der Waals surface area contributed by atoms with Gasteiger partial charge >= 0.3 is 11.9 Å². The maximum absolute atomic E-state index is 14.2. The van der Waals surface area contributed by atoms with E-state index in [2.05, 4.69) is 52.5 Å². The molecule has 0 unspecified atom stereocenters. The van der Waals surface area contributed by atoms with Crippen molar-refractivity contribution in [3.8, 4) is 5.75 Å². The molecule has 0 aliphatic rings. The number of phenolic OH excluding ortho intramolecular Hbond substituents is 1. The molecule has 22 N–H and O–H groups in total. The number of carbonyl (C=O) groups excluding carboxylic acids is 8. The van der Waals surface area contributed by atoms with Crippen LogP contribution in [0.15, 0.2) is 34.3 Å². The summed E-state index contributed by atoms with van der Waals surface area (Å²) in [6.45, 7) is 10.6. The van der Waals surface area contributed by atoms with E-state index in [0.29, 0.717) is 18.4 Å². The topological polar surface area (TPSA) is 503 Å². The molecule has 10 atom stereocenters. The monoisotopic (exact) mass is 1110 g/mol. The summed E-state index contributed by atoms with van der Waals surface area (Å²) in [7, 11) is 0. The molecular formula is C49H83N15O14. The van der Waals surface area contributed by atoms with Crippen LogP contribution in [0.25, 0.3) is 0 Å². The molecule has 0 spiro atoms. The van der Waals surface area contributed by atoms with Crippen LogP contribution in [0.2, 0.25) is 0 Å². The van der Waals surface area contributed by atoms with Gasteiger partial charge in [-0.2, -0.15) is 0 Å². The number of aliphatic imine (C=N–C) groups is 2. The number of aliphatic hydroxyl groups is 1. The zero-order chi connectivity index (χ0) is 59.4. The van der Waals surface area contributed by atoms with Gasteiger partial charge in [-0.05, 0) is 80.9 Å². The summed E-state index contributed by atoms with van der Waals surface area (Å²) in [6.07, 6.45) is -0.523. The van der Waals surface area contributed by atoms with Gasteiger partial charge < -0.3 is 91.6 Å². The fraction of sp³-hybridized carbons (Fsp3) is 0.633. The van der Waals surface area contributed by atoms with E-state index in [1.807, 2.05) is 13.8 Å². The predicted molar refractivity (Wildman–Crippen MR) is 286 cm³/mol. The minimum absolute atomic E-state index is 0.00294. The number of aromatic hydroxyl groups is 1. The van der Waals surface area contributed by atoms with E-state index < -0.39 is 145 Å². The second-order valence-electron chi connectivity index (χ2n) is 19.6. The molecule has 0 aliphatic carbocycles. The Hall–Kier alpha value is -7.82. The maximum atomic E-state index is 14.2. The summed E-state index contributed by atoms with van der Waals surface area (Å²) in [5, 5.41) is 59.3. The number of nitrogens with one attached hydrogen (secondary N) is 8. The third kappa shape index (κ3) is 25.8. The van der Waals surface area contributed by atoms with Gasteiger partial charge in [0, 0.05) is 25.9 Å². The highest BCUT2D eigenvalue weighted by Crippen LogP contribution is 2.15. The largest absolute Gasteiger partial charge is 0.508 e. The number of aliphatic carboxylic acids is 2. The van der Waals surface area contributed by atoms with Crippen molar-refractivity contribution in [1.82, 2.24) is 42.5 Å². The highest BCUT2D eigenvalue weighted by atomic mass is 16.4. The number of aliphatic hydroxyl groups excluding tert-OH is 1. The molecule has 0 bridgehead atoms. The van der Waals surface area contributed by atoms with Crippen molar-refractivity contribution in [2.24, 2.45) is 56.4 Å². The first-order chi connectivity index (χ1) is 36.5. The molecule has 438 valence electrons. The first-order valence-corrected chi connectivity index (χ1v) is 25.6. The molecule has 8 amide bonds. The summed E-state index contributed by atoms with van der Waals surface area (Å²) in [6, 6.07) is -7.13. The summed E-state index contributed by atoms with van der Waals surface area (Å²) < 4.78 is 0. The number of phenols is 1. The van der Waals surface area contributed by atoms with Crippen molar-refractivity contribution in [3.63, 3.8) is 0 Å². The normalized spacial score (nSPS) is 14.9. The first kappa shape index (κ1) is 68.2. The number of carbonyl (C=O) groups is 10. The van der Waals surface area contributed by atoms with Gasteiger partial charge in [0.2, 0.25) is 47.3 Å². The zero-order valence-corrected chi connectivity index (χ0v) is 45.4. The Kier molecular flexibility index (Phi) is 30.4. The van der Waals surface area contributed by atoms with Gasteiger partial charge in [-0.25, -0.2) is 4.79 Å². The fourth-order valence-electron chi connectivity index (χ4n) is 7.45. The summed E-state index contributed by atoms with van der Waals surface area (Å²) in [5.41, 5.74) is 27.9. The van der Waals surface area contributed by atoms with Crippen molar-refractivity contribution in [2.75, 3.05) is 19.7 Å². The van der Waals surface area contributed by atoms with Crippen LogP contribution in [0.3, 0.4) is 0 Å². The van der Waals surface area contributed by atoms with Crippen LogP contribution in [0.5, 0.6) is 5.75 Å². The van der Waals surface area contributed by atoms with Crippen LogP contribution < -0.4 is 71.2 Å². The maximum Gasteiger partial charge on any atom is 0.326 e. The molecule has 0 aliphatic heterocycles. The Balaban J connectivity index is 3.40. The van der Waals surface area contributed by atoms with Crippen LogP contribution in [0.4, 0.5) is 0 Å². The number of amides is 8. The number of benzene rings is 1. The number of hydrogen-bond acceptors (Lipinski definition) is 15. The number of rotatable bonds is 36. The van der Waals surface area contributed by atoms with Crippen molar-refractivity contribution >= 4 is 71.1 Å². The van der Waals surface area contributed by atoms with Crippen LogP contribution in [-0.2, 0) is 54.4 Å². The molecule has 1 aromatic carbocycles. The number of guanidine groups is 2. The highest BCUT2D eigenvalue weighted by molar-refractivity contribution is 5.98. The Morgan fingerprint density at radius 3 is 1.49 bits per heavy atom. The lowest BCUT2D eigenvalue weighted by Gasteiger charge is -2.29. The van der Waals surface area contributed by atoms with Crippen LogP contribution in [0.1, 0.15) is 105 Å². The number of nitrogens with two attached hydrogens (primary N) is 5. The van der Waals surface area contributed by atoms with E-state index in [4.69, 9.17) is 28.7 Å². The molecule has 1 rings (SSSR count). The quantitative estimate of drug-likeness (QED) is 0.0173. The predicted octanol–water partition coefficient (Wildman–Crippen LogP) is -4.04. The van der Waals surface area contributed by atoms with Crippen molar-refractivity contribution in [3.05, 3.63) is 29.8 Å². The molecule has 0 radical (unpaired) electrons. The van der Waals surface area contributed by atoms with E-state index in [1.54, 1.807) is 13.8 Å². The Morgan fingerprint density at radius 1 is 0.551 bits per heavy atom. The molecule has 29 heteroatoms. The SMILES string of the molecule is CC[C@H](C)[C@H](NC(=O)[C@H](Cc1ccc(O)cc1)NC(=O)[C@H](CCC(=O)O)NC(=O)[C@@H](NC(=O)[C@H](C)NC(=O)[C@H](CO)NC(=O)[C@H](CCCN=C(N)N)NC(=O)[C@@H](N)CC(C)C)C(C)C)C(=O)N[C@@H](CCCN=C(N)N)C(=O)O. The van der Waals surface area contributed by atoms with Gasteiger partial charge in [-0.15, -0.1) is 0 Å². The van der Waals surface area contributed by atoms with Gasteiger partial charge in [-0.3, -0.25) is 53.1 Å². The van der Waals surface area contributed by atoms with Gasteiger partial charge in [0.15, 0.2) is 11.9 Å². The smallest absolute Gasteiger partial charge is 0.326 e. The molecule has 78 heavy (non-hydrogen) atoms. The molecule has 0 heterocycles. The van der Waals surface area contributed by atoms with Crippen molar-refractivity contribution < 1.29 is 68.4 Å². The lowest BCUT2D eigenvalue weighted by Crippen LogP contribution is -2.61. The number of carboxylic acid groups (broad SMARTS) is 2. The van der Waals surface area contributed by atoms with Gasteiger partial charge in [0.05, 0.1) is 12.6 Å². The summed E-state index contributed by atoms with van der Waals surface area (Å²) in [5.74, 6) is -11.8. The third-order valence-electron chi connectivity index (χ3n) is 12.1. The summed E-state index contributed by atoms with van der Waals surface area (Å²) in [4.78, 5) is 141. The molecule has 29 nitrogen and oxygen atoms in total. The number of hydrogen-bond donors (Lipinski definition) is 17. The molecule has 0 saturated heterocycles. The number of nitrogens with zero attached hydrogens (tertiary/aromatic N) is 2. The van der Waals surface area contributed by atoms with Crippen LogP contribution in [0, 0.1) is 17.8 Å². The van der Waals surface area contributed by atoms with Crippen molar-refractivity contribution in [2.45, 2.75) is 161 Å². The molecule has 0 saturated carbocycles. The Labute approximate surface area is 453 Å². The van der Waals surface area contributed by atoms with Crippen molar-refractivity contribution in [1.29, 1.82) is 0 Å². The third-order valence-corrected chi connectivity index (χ3v) is 12.1. The van der Waals surface area contributed by atoms with Gasteiger partial charge in [-0.1, -0.05) is 60.1 Å². The summed E-state index contributed by atoms with van der Waals surface area (Å²) >= 11 is 0. The second-order valence-corrected chi connectivity index (χ2v) is 19.6. The average molecular weight is 1110 g/mol. The lowest BCUT2D eigenvalue weighted by molar-refractivity contribution is -0.143. The highest BCUT2D eigenvalue weighted by Gasteiger charge is 2.36. The Bertz CT molecular complexity index is 2240. The Morgan fingerprint density at radius 2 is 1.00 bits per heavy atom. The van der Waals surface area contributed by atoms with Gasteiger partial charge in [0.25, 0.3) is 0 Å². The zero-order valence-electron chi connectivity index (χ0n) is 45.4. The van der Waals surface area contributed by atoms with Gasteiger partial charge in [0.1, 0.15) is 54.1 Å². The standard InChI is InChI=1S/C49H83N15O14/c1-8-26(6)38(46(76)60-33(47(77)78)12-10-20-56-49(53)54)64-43(73)34(22-28-13-15-29(66)16-14-28)61-42(72)32(17-18-36(67)68)59-45(75)37(25(4)5)63-39(69)27(7)57-44(74)35(23-65)62-41(71)31(11-9-19-55-48(51)52)58-40(70)30(50)21-24(2)3/h13-16,24-27,30-35,37-38,65-66H,8-12,17-23,50H2,1-7H3,(H,57,74)(H,58,70)(H,59,75)(H,60,76)(H,61,72)(H,62,71)(H,63,69)(H,64,73)(H,67,68)(H,77,78)(H4,51,52,55)(H4,53,54,56)/t26-,27-,30-,31-,32-,33-,34-,35-,37-,38-/m0/s1. The first-order valence-electron chi connectivity index (χ1n) is 25.6. The van der Waals surface area contributed by atoms with E-state index in [-0.39, 0.29) is 68.8 Å². The fourth-order valence-corrected chi connectivity index (χ4v) is 7.45. The molecule has 0 fully saturated rings. The lowest BCUT2D eigenvalue weighted by atomic mass is 9.96. The minimum Gasteiger partial charge on any atom is -0.508 e. The van der Waals surface area contributed by atoms with E-state index >= 15 is 0 Å². The van der Waals surface area contributed by atoms with E-state index in [1.165, 1.54) is 45.0 Å². The molecule has 1 aromatic rings. The average Bonchev–Trinajstić information content (AvgIpc) is 3.35. The molecular weight excluding hydrogens is 1020 g/mol. The van der Waals surface area contributed by atoms with E-state index in [0.717, 1.165) is 0 Å². The minimum atomic E-state index is -1.66. The van der Waals surface area contributed by atoms with Crippen LogP contribution >= 0.6 is 0 Å². The number of carboxylic acids is 2. The van der Waals surface area contributed by atoms with Crippen LogP contribution in [-0.4, -0.2) is 166 Å². The second kappa shape index (κ2) is 34.8.